The molecule has 29 heavy (non-hydrogen) atoms. The third-order valence-corrected chi connectivity index (χ3v) is 6.60. The van der Waals surface area contributed by atoms with Crippen LogP contribution in [0.5, 0.6) is 0 Å². The number of quaternary nitrogens is 1. The van der Waals surface area contributed by atoms with Gasteiger partial charge in [0.2, 0.25) is 17.7 Å². The minimum Gasteiger partial charge on any atom is -0.350 e. The summed E-state index contributed by atoms with van der Waals surface area (Å²) in [6.07, 6.45) is 3.82. The van der Waals surface area contributed by atoms with Crippen molar-refractivity contribution >= 4 is 17.7 Å². The molecule has 1 heterocycles. The molecule has 1 aromatic rings. The molecule has 0 spiro atoms. The zero-order valence-corrected chi connectivity index (χ0v) is 17.7. The monoisotopic (exact) mass is 400 g/mol. The summed E-state index contributed by atoms with van der Waals surface area (Å²) >= 11 is 0. The molecular formula is C23H34N3O3+. The van der Waals surface area contributed by atoms with E-state index in [1.807, 2.05) is 18.2 Å². The molecule has 3 rings (SSSR count). The number of hydrogen-bond acceptors (Lipinski definition) is 3. The van der Waals surface area contributed by atoms with E-state index in [9.17, 15) is 14.4 Å². The Labute approximate surface area is 173 Å². The van der Waals surface area contributed by atoms with Gasteiger partial charge in [-0.15, -0.1) is 0 Å². The molecule has 3 atom stereocenters. The molecule has 1 saturated carbocycles. The number of imide groups is 1. The van der Waals surface area contributed by atoms with Gasteiger partial charge in [-0.25, -0.2) is 0 Å². The normalized spacial score (nSPS) is 22.7. The van der Waals surface area contributed by atoms with Crippen LogP contribution in [0.3, 0.4) is 0 Å². The summed E-state index contributed by atoms with van der Waals surface area (Å²) in [6, 6.07) is 10.4. The average molecular weight is 401 g/mol. The molecule has 2 fully saturated rings. The Hall–Kier alpha value is -2.21. The van der Waals surface area contributed by atoms with Gasteiger partial charge in [0.05, 0.1) is 31.5 Å². The number of rotatable bonds is 9. The molecule has 0 bridgehead atoms. The molecule has 158 valence electrons. The number of carbonyl (C=O) groups excluding carboxylic acids is 3. The molecule has 3 amide bonds. The highest BCUT2D eigenvalue weighted by atomic mass is 16.2. The zero-order chi connectivity index (χ0) is 20.8. The summed E-state index contributed by atoms with van der Waals surface area (Å²) in [7, 11) is 0. The van der Waals surface area contributed by atoms with Gasteiger partial charge >= 0.3 is 0 Å². The lowest BCUT2D eigenvalue weighted by molar-refractivity contribution is -0.927. The van der Waals surface area contributed by atoms with Crippen LogP contribution in [0.25, 0.3) is 0 Å². The third kappa shape index (κ3) is 4.86. The molecule has 2 N–H and O–H groups in total. The van der Waals surface area contributed by atoms with Crippen LogP contribution in [0.2, 0.25) is 0 Å². The number of hydrogen-bond donors (Lipinski definition) is 2. The van der Waals surface area contributed by atoms with Crippen molar-refractivity contribution < 1.29 is 19.3 Å². The van der Waals surface area contributed by atoms with E-state index in [1.165, 1.54) is 15.4 Å². The molecule has 1 aromatic carbocycles. The predicted molar refractivity (Wildman–Crippen MR) is 111 cm³/mol. The van der Waals surface area contributed by atoms with Gasteiger partial charge in [0.25, 0.3) is 0 Å². The van der Waals surface area contributed by atoms with E-state index in [-0.39, 0.29) is 48.6 Å². The van der Waals surface area contributed by atoms with Crippen molar-refractivity contribution in [2.75, 3.05) is 26.2 Å². The van der Waals surface area contributed by atoms with Gasteiger partial charge in [0.15, 0.2) is 0 Å². The van der Waals surface area contributed by atoms with Gasteiger partial charge in [-0.05, 0) is 26.7 Å². The maximum absolute atomic E-state index is 12.6. The Morgan fingerprint density at radius 2 is 1.66 bits per heavy atom. The Bertz CT molecular complexity index is 693. The fraction of sp³-hybridized carbons (Fsp3) is 0.609. The lowest BCUT2D eigenvalue weighted by atomic mass is 9.81. The van der Waals surface area contributed by atoms with E-state index in [4.69, 9.17) is 0 Å². The molecule has 1 aliphatic heterocycles. The van der Waals surface area contributed by atoms with Crippen molar-refractivity contribution in [2.24, 2.45) is 11.8 Å². The summed E-state index contributed by atoms with van der Waals surface area (Å²) in [6.45, 7) is 7.01. The topological polar surface area (TPSA) is 70.9 Å². The minimum absolute atomic E-state index is 0.0674. The first-order chi connectivity index (χ1) is 14.1. The van der Waals surface area contributed by atoms with Gasteiger partial charge < -0.3 is 10.2 Å². The minimum atomic E-state index is -0.145. The van der Waals surface area contributed by atoms with E-state index in [2.05, 4.69) is 31.3 Å². The number of amides is 3. The summed E-state index contributed by atoms with van der Waals surface area (Å²) in [5, 5.41) is 3.04. The van der Waals surface area contributed by atoms with Gasteiger partial charge in [-0.1, -0.05) is 43.2 Å². The first-order valence-electron chi connectivity index (χ1n) is 11.1. The standard InChI is InChI=1S/C23H33N3O3/c1-3-25(4-2)20(17-10-6-5-7-11-17)16-24-21(27)14-15-26-22(28)18-12-8-9-13-19(18)23(26)29/h5-7,10-11,18-20H,3-4,8-9,12-16H2,1-2H3,(H,24,27)/p+1/t18-,19+,20-/m0/s1. The van der Waals surface area contributed by atoms with Crippen molar-refractivity contribution in [3.8, 4) is 0 Å². The number of nitrogens with zero attached hydrogens (tertiary/aromatic N) is 1. The molecule has 1 saturated heterocycles. The smallest absolute Gasteiger partial charge is 0.233 e. The molecule has 6 nitrogen and oxygen atoms in total. The molecule has 6 heteroatoms. The van der Waals surface area contributed by atoms with Crippen molar-refractivity contribution in [3.63, 3.8) is 0 Å². The Morgan fingerprint density at radius 3 is 2.21 bits per heavy atom. The van der Waals surface area contributed by atoms with Gasteiger partial charge in [0, 0.05) is 18.5 Å². The molecule has 2 aliphatic rings. The highest BCUT2D eigenvalue weighted by molar-refractivity contribution is 6.05. The Balaban J connectivity index is 1.54. The van der Waals surface area contributed by atoms with Crippen LogP contribution in [0, 0.1) is 11.8 Å². The lowest BCUT2D eigenvalue weighted by Gasteiger charge is -2.27. The van der Waals surface area contributed by atoms with Crippen molar-refractivity contribution in [3.05, 3.63) is 35.9 Å². The highest BCUT2D eigenvalue weighted by Gasteiger charge is 2.47. The molecule has 0 radical (unpaired) electrons. The van der Waals surface area contributed by atoms with Gasteiger partial charge in [-0.2, -0.15) is 0 Å². The highest BCUT2D eigenvalue weighted by Crippen LogP contribution is 2.37. The maximum Gasteiger partial charge on any atom is 0.233 e. The number of benzene rings is 1. The molecular weight excluding hydrogens is 366 g/mol. The quantitative estimate of drug-likeness (QED) is 0.615. The molecule has 0 aromatic heterocycles. The predicted octanol–water partition coefficient (Wildman–Crippen LogP) is 1.33. The van der Waals surface area contributed by atoms with Gasteiger partial charge in [-0.3, -0.25) is 19.3 Å². The number of carbonyl (C=O) groups is 3. The van der Waals surface area contributed by atoms with Crippen molar-refractivity contribution in [1.82, 2.24) is 10.2 Å². The second kappa shape index (κ2) is 10.0. The van der Waals surface area contributed by atoms with Crippen LogP contribution in [-0.2, 0) is 14.4 Å². The third-order valence-electron chi connectivity index (χ3n) is 6.60. The van der Waals surface area contributed by atoms with Crippen LogP contribution in [0.4, 0.5) is 0 Å². The van der Waals surface area contributed by atoms with E-state index < -0.39 is 0 Å². The zero-order valence-electron chi connectivity index (χ0n) is 17.7. The Morgan fingerprint density at radius 1 is 1.07 bits per heavy atom. The van der Waals surface area contributed by atoms with Crippen LogP contribution in [0.1, 0.15) is 57.6 Å². The number of fused-ring (bicyclic) bond motifs is 1. The van der Waals surface area contributed by atoms with Crippen LogP contribution >= 0.6 is 0 Å². The first kappa shape index (κ1) is 21.5. The fourth-order valence-corrected chi connectivity index (χ4v) is 4.90. The van der Waals surface area contributed by atoms with Crippen molar-refractivity contribution in [2.45, 2.75) is 52.0 Å². The molecule has 1 aliphatic carbocycles. The number of nitrogens with one attached hydrogen (secondary N) is 2. The van der Waals surface area contributed by atoms with Crippen LogP contribution in [0.15, 0.2) is 30.3 Å². The van der Waals surface area contributed by atoms with Gasteiger partial charge in [0.1, 0.15) is 6.04 Å². The summed E-state index contributed by atoms with van der Waals surface area (Å²) in [4.78, 5) is 40.3. The number of likely N-dealkylation sites (N-methyl/N-ethyl adjacent to an activating group) is 1. The van der Waals surface area contributed by atoms with Crippen LogP contribution < -0.4 is 10.2 Å². The van der Waals surface area contributed by atoms with E-state index in [0.717, 1.165) is 38.8 Å². The fourth-order valence-electron chi connectivity index (χ4n) is 4.90. The largest absolute Gasteiger partial charge is 0.350 e. The lowest BCUT2D eigenvalue weighted by Crippen LogP contribution is -3.12. The van der Waals surface area contributed by atoms with Crippen LogP contribution in [-0.4, -0.2) is 48.8 Å². The van der Waals surface area contributed by atoms with Crippen molar-refractivity contribution in [1.29, 1.82) is 0 Å². The van der Waals surface area contributed by atoms with E-state index in [1.54, 1.807) is 0 Å². The second-order valence-electron chi connectivity index (χ2n) is 8.21. The van der Waals surface area contributed by atoms with E-state index >= 15 is 0 Å². The second-order valence-corrected chi connectivity index (χ2v) is 8.21. The first-order valence-corrected chi connectivity index (χ1v) is 11.1. The maximum atomic E-state index is 12.6. The Kier molecular flexibility index (Phi) is 7.42. The summed E-state index contributed by atoms with van der Waals surface area (Å²) < 4.78 is 0. The SMILES string of the molecule is CC[NH+](CC)[C@@H](CNC(=O)CCN1C(=O)[C@H]2CCCC[C@H]2C1=O)c1ccccc1. The molecule has 0 unspecified atom stereocenters. The summed E-state index contributed by atoms with van der Waals surface area (Å²) in [5.74, 6) is -0.529. The summed E-state index contributed by atoms with van der Waals surface area (Å²) in [5.41, 5.74) is 1.21. The average Bonchev–Trinajstić information content (AvgIpc) is 3.00. The van der Waals surface area contributed by atoms with E-state index in [0.29, 0.717) is 6.54 Å². The number of likely N-dealkylation sites (tertiary alicyclic amines) is 1.